The summed E-state index contributed by atoms with van der Waals surface area (Å²) in [4.78, 5) is 1.33. The molecule has 2 rings (SSSR count). The summed E-state index contributed by atoms with van der Waals surface area (Å²) < 4.78 is 5.62. The highest BCUT2D eigenvalue weighted by Crippen LogP contribution is 2.23. The first-order valence-electron chi connectivity index (χ1n) is 8.75. The van der Waals surface area contributed by atoms with Gasteiger partial charge < -0.3 is 10.1 Å². The van der Waals surface area contributed by atoms with Crippen LogP contribution in [-0.4, -0.2) is 24.9 Å². The Hall–Kier alpha value is -1.00. The van der Waals surface area contributed by atoms with Crippen molar-refractivity contribution in [1.29, 1.82) is 0 Å². The lowest BCUT2D eigenvalue weighted by molar-refractivity contribution is 0.0999. The van der Waals surface area contributed by atoms with E-state index < -0.39 is 0 Å². The molecular weight excluding hydrogens is 350 g/mol. The molecule has 0 saturated carbocycles. The fourth-order valence-corrected chi connectivity index (χ4v) is 3.79. The molecule has 0 aliphatic carbocycles. The standard InChI is InChI=1S/C21H28ClNOS/c1-15(2)25-20-10-8-17(9-11-20)12-16(3)23-14-21(24-4)18-6-5-7-19(22)13-18/h5-11,13,15-16,21,23H,12,14H2,1-4H3. The highest BCUT2D eigenvalue weighted by atomic mass is 35.5. The molecule has 0 aliphatic heterocycles. The van der Waals surface area contributed by atoms with Crippen molar-refractivity contribution in [2.24, 2.45) is 0 Å². The molecule has 0 bridgehead atoms. The van der Waals surface area contributed by atoms with Crippen LogP contribution < -0.4 is 5.32 Å². The first kappa shape index (κ1) is 20.3. The summed E-state index contributed by atoms with van der Waals surface area (Å²) in [6, 6.07) is 17.1. The van der Waals surface area contributed by atoms with Crippen LogP contribution in [0.4, 0.5) is 0 Å². The average molecular weight is 378 g/mol. The predicted molar refractivity (Wildman–Crippen MR) is 110 cm³/mol. The van der Waals surface area contributed by atoms with Gasteiger partial charge in [-0.1, -0.05) is 49.7 Å². The van der Waals surface area contributed by atoms with Gasteiger partial charge in [0.1, 0.15) is 0 Å². The van der Waals surface area contributed by atoms with Gasteiger partial charge in [-0.15, -0.1) is 11.8 Å². The van der Waals surface area contributed by atoms with Gasteiger partial charge in [-0.2, -0.15) is 0 Å². The third kappa shape index (κ3) is 7.02. The summed E-state index contributed by atoms with van der Waals surface area (Å²) in [6.45, 7) is 7.41. The monoisotopic (exact) mass is 377 g/mol. The van der Waals surface area contributed by atoms with E-state index in [9.17, 15) is 0 Å². The number of thioether (sulfide) groups is 1. The number of ether oxygens (including phenoxy) is 1. The normalized spacial score (nSPS) is 13.8. The highest BCUT2D eigenvalue weighted by molar-refractivity contribution is 7.99. The zero-order valence-electron chi connectivity index (χ0n) is 15.5. The van der Waals surface area contributed by atoms with Gasteiger partial charge in [0.2, 0.25) is 0 Å². The van der Waals surface area contributed by atoms with Gasteiger partial charge in [-0.25, -0.2) is 0 Å². The summed E-state index contributed by atoms with van der Waals surface area (Å²) in [5.41, 5.74) is 2.45. The number of nitrogens with one attached hydrogen (secondary N) is 1. The second kappa shape index (κ2) is 10.2. The Kier molecular flexibility index (Phi) is 8.31. The van der Waals surface area contributed by atoms with Crippen LogP contribution in [-0.2, 0) is 11.2 Å². The Morgan fingerprint density at radius 3 is 2.40 bits per heavy atom. The topological polar surface area (TPSA) is 21.3 Å². The van der Waals surface area contributed by atoms with Gasteiger partial charge in [0.05, 0.1) is 6.10 Å². The minimum absolute atomic E-state index is 0.00553. The average Bonchev–Trinajstić information content (AvgIpc) is 2.57. The van der Waals surface area contributed by atoms with Crippen LogP contribution in [0.25, 0.3) is 0 Å². The second-order valence-corrected chi connectivity index (χ2v) is 8.69. The van der Waals surface area contributed by atoms with E-state index in [0.29, 0.717) is 11.3 Å². The van der Waals surface area contributed by atoms with Crippen molar-refractivity contribution in [3.63, 3.8) is 0 Å². The van der Waals surface area contributed by atoms with Crippen molar-refractivity contribution in [2.45, 2.75) is 49.5 Å². The first-order chi connectivity index (χ1) is 12.0. The van der Waals surface area contributed by atoms with Crippen LogP contribution in [0, 0.1) is 0 Å². The number of hydrogen-bond donors (Lipinski definition) is 1. The molecule has 1 N–H and O–H groups in total. The van der Waals surface area contributed by atoms with E-state index in [1.165, 1.54) is 10.5 Å². The van der Waals surface area contributed by atoms with E-state index in [-0.39, 0.29) is 6.10 Å². The molecule has 25 heavy (non-hydrogen) atoms. The number of hydrogen-bond acceptors (Lipinski definition) is 3. The SMILES string of the molecule is COC(CNC(C)Cc1ccc(SC(C)C)cc1)c1cccc(Cl)c1. The van der Waals surface area contributed by atoms with Crippen molar-refractivity contribution in [1.82, 2.24) is 5.32 Å². The number of halogens is 1. The molecule has 2 aromatic rings. The van der Waals surface area contributed by atoms with Crippen LogP contribution in [0.1, 0.15) is 38.0 Å². The second-order valence-electron chi connectivity index (χ2n) is 6.60. The molecule has 0 heterocycles. The molecule has 4 heteroatoms. The Bertz CT molecular complexity index is 645. The maximum absolute atomic E-state index is 6.08. The number of benzene rings is 2. The van der Waals surface area contributed by atoms with Crippen LogP contribution in [0.3, 0.4) is 0 Å². The van der Waals surface area contributed by atoms with Crippen molar-refractivity contribution in [2.75, 3.05) is 13.7 Å². The Morgan fingerprint density at radius 1 is 1.08 bits per heavy atom. The van der Waals surface area contributed by atoms with Crippen molar-refractivity contribution >= 4 is 23.4 Å². The minimum Gasteiger partial charge on any atom is -0.375 e. The molecular formula is C21H28ClNOS. The smallest absolute Gasteiger partial charge is 0.0946 e. The van der Waals surface area contributed by atoms with Crippen molar-refractivity contribution in [3.8, 4) is 0 Å². The fraction of sp³-hybridized carbons (Fsp3) is 0.429. The third-order valence-electron chi connectivity index (χ3n) is 3.99. The minimum atomic E-state index is 0.00553. The molecule has 2 nitrogen and oxygen atoms in total. The molecule has 0 amide bonds. The molecule has 2 aromatic carbocycles. The lowest BCUT2D eigenvalue weighted by Gasteiger charge is -2.20. The lowest BCUT2D eigenvalue weighted by atomic mass is 10.1. The van der Waals surface area contributed by atoms with E-state index in [1.807, 2.05) is 30.0 Å². The maximum atomic E-state index is 6.08. The molecule has 2 unspecified atom stereocenters. The largest absolute Gasteiger partial charge is 0.375 e. The summed E-state index contributed by atoms with van der Waals surface area (Å²) in [6.07, 6.45) is 1.00. The first-order valence-corrected chi connectivity index (χ1v) is 10.0. The number of methoxy groups -OCH3 is 1. The van der Waals surface area contributed by atoms with Gasteiger partial charge in [0.25, 0.3) is 0 Å². The van der Waals surface area contributed by atoms with Gasteiger partial charge in [-0.3, -0.25) is 0 Å². The van der Waals surface area contributed by atoms with Crippen LogP contribution >= 0.6 is 23.4 Å². The molecule has 0 aliphatic rings. The Morgan fingerprint density at radius 2 is 1.80 bits per heavy atom. The molecule has 0 spiro atoms. The predicted octanol–water partition coefficient (Wildman–Crippen LogP) is 5.75. The number of rotatable bonds is 9. The van der Waals surface area contributed by atoms with Gasteiger partial charge in [-0.05, 0) is 48.7 Å². The van der Waals surface area contributed by atoms with E-state index in [4.69, 9.17) is 16.3 Å². The summed E-state index contributed by atoms with van der Waals surface area (Å²) >= 11 is 7.98. The van der Waals surface area contributed by atoms with Crippen molar-refractivity contribution in [3.05, 3.63) is 64.7 Å². The zero-order valence-corrected chi connectivity index (χ0v) is 17.0. The summed E-state index contributed by atoms with van der Waals surface area (Å²) in [5, 5.41) is 4.93. The molecule has 0 radical (unpaired) electrons. The Balaban J connectivity index is 1.85. The summed E-state index contributed by atoms with van der Waals surface area (Å²) in [5.74, 6) is 0. The van der Waals surface area contributed by atoms with E-state index >= 15 is 0 Å². The molecule has 0 saturated heterocycles. The van der Waals surface area contributed by atoms with Gasteiger partial charge >= 0.3 is 0 Å². The van der Waals surface area contributed by atoms with Gasteiger partial charge in [0.15, 0.2) is 0 Å². The third-order valence-corrected chi connectivity index (χ3v) is 5.24. The van der Waals surface area contributed by atoms with E-state index in [0.717, 1.165) is 23.6 Å². The summed E-state index contributed by atoms with van der Waals surface area (Å²) in [7, 11) is 1.74. The van der Waals surface area contributed by atoms with Crippen LogP contribution in [0.5, 0.6) is 0 Å². The lowest BCUT2D eigenvalue weighted by Crippen LogP contribution is -2.32. The molecule has 0 fully saturated rings. The molecule has 2 atom stereocenters. The quantitative estimate of drug-likeness (QED) is 0.562. The zero-order chi connectivity index (χ0) is 18.2. The van der Waals surface area contributed by atoms with Crippen molar-refractivity contribution < 1.29 is 4.74 Å². The van der Waals surface area contributed by atoms with E-state index in [1.54, 1.807) is 7.11 Å². The van der Waals surface area contributed by atoms with Crippen LogP contribution in [0.2, 0.25) is 5.02 Å². The van der Waals surface area contributed by atoms with Gasteiger partial charge in [0, 0.05) is 34.9 Å². The maximum Gasteiger partial charge on any atom is 0.0946 e. The molecule has 0 aromatic heterocycles. The Labute approximate surface area is 161 Å². The highest BCUT2D eigenvalue weighted by Gasteiger charge is 2.12. The van der Waals surface area contributed by atoms with E-state index in [2.05, 4.69) is 56.4 Å². The molecule has 136 valence electrons. The van der Waals surface area contributed by atoms with Crippen LogP contribution in [0.15, 0.2) is 53.4 Å². The fourth-order valence-electron chi connectivity index (χ4n) is 2.75.